The maximum atomic E-state index is 11.6. The minimum atomic E-state index is -0.992. The van der Waals surface area contributed by atoms with E-state index in [1.807, 2.05) is 20.8 Å². The van der Waals surface area contributed by atoms with Gasteiger partial charge in [0.1, 0.15) is 5.54 Å². The molecule has 0 heterocycles. The molecule has 1 aliphatic carbocycles. The summed E-state index contributed by atoms with van der Waals surface area (Å²) in [6.45, 7) is 5.66. The van der Waals surface area contributed by atoms with Crippen molar-refractivity contribution in [2.75, 3.05) is 0 Å². The van der Waals surface area contributed by atoms with Gasteiger partial charge >= 0.3 is 5.97 Å². The van der Waals surface area contributed by atoms with Crippen molar-refractivity contribution in [2.45, 2.75) is 58.0 Å². The summed E-state index contributed by atoms with van der Waals surface area (Å²) in [5.74, 6) is -0.841. The van der Waals surface area contributed by atoms with Crippen molar-refractivity contribution < 1.29 is 14.7 Å². The molecule has 2 unspecified atom stereocenters. The van der Waals surface area contributed by atoms with E-state index in [9.17, 15) is 14.7 Å². The van der Waals surface area contributed by atoms with Crippen molar-refractivity contribution in [1.29, 1.82) is 0 Å². The van der Waals surface area contributed by atoms with Gasteiger partial charge in [0, 0.05) is 6.04 Å². The molecule has 92 valence electrons. The number of carbonyl (C=O) groups excluding carboxylic acids is 1. The lowest BCUT2D eigenvalue weighted by atomic mass is 9.72. The van der Waals surface area contributed by atoms with Crippen LogP contribution in [-0.4, -0.2) is 34.0 Å². The molecule has 0 aromatic rings. The minimum Gasteiger partial charge on any atom is -0.479 e. The van der Waals surface area contributed by atoms with E-state index in [4.69, 9.17) is 0 Å². The third kappa shape index (κ3) is 1.93. The summed E-state index contributed by atoms with van der Waals surface area (Å²) in [7, 11) is 0. The van der Waals surface area contributed by atoms with E-state index in [0.717, 1.165) is 19.3 Å². The zero-order valence-electron chi connectivity index (χ0n) is 10.3. The minimum absolute atomic E-state index is 0.0198. The normalized spacial score (nSPS) is 30.1. The smallest absolute Gasteiger partial charge is 0.329 e. The number of amides is 1. The first-order valence-corrected chi connectivity index (χ1v) is 5.94. The Bertz CT molecular complexity index is 277. The topological polar surface area (TPSA) is 57.6 Å². The van der Waals surface area contributed by atoms with Crippen LogP contribution in [-0.2, 0) is 9.59 Å². The molecule has 16 heavy (non-hydrogen) atoms. The van der Waals surface area contributed by atoms with Crippen molar-refractivity contribution in [2.24, 2.45) is 5.92 Å². The summed E-state index contributed by atoms with van der Waals surface area (Å²) in [5, 5.41) is 9.51. The average molecular weight is 227 g/mol. The molecule has 0 saturated heterocycles. The summed E-state index contributed by atoms with van der Waals surface area (Å²) >= 11 is 0. The molecule has 1 rings (SSSR count). The monoisotopic (exact) mass is 227 g/mol. The Morgan fingerprint density at radius 2 is 2.12 bits per heavy atom. The number of aliphatic carboxylic acids is 1. The predicted molar refractivity (Wildman–Crippen MR) is 61.0 cm³/mol. The van der Waals surface area contributed by atoms with Crippen LogP contribution >= 0.6 is 0 Å². The number of nitrogens with zero attached hydrogens (tertiary/aromatic N) is 1. The Hall–Kier alpha value is -1.06. The molecule has 0 aromatic carbocycles. The van der Waals surface area contributed by atoms with Crippen LogP contribution in [0.25, 0.3) is 0 Å². The van der Waals surface area contributed by atoms with Crippen molar-refractivity contribution in [3.63, 3.8) is 0 Å². The van der Waals surface area contributed by atoms with Crippen molar-refractivity contribution in [1.82, 2.24) is 4.90 Å². The largest absolute Gasteiger partial charge is 0.479 e. The van der Waals surface area contributed by atoms with Crippen LogP contribution in [0.2, 0.25) is 0 Å². The van der Waals surface area contributed by atoms with E-state index in [0.29, 0.717) is 12.8 Å². The first-order valence-electron chi connectivity index (χ1n) is 5.94. The van der Waals surface area contributed by atoms with Crippen molar-refractivity contribution in [3.05, 3.63) is 0 Å². The third-order valence-electron chi connectivity index (χ3n) is 3.76. The molecule has 1 amide bonds. The standard InChI is InChI=1S/C12H21NO3/c1-9(2)13(8-14)12(11(15)16)7-5-4-6-10(12)3/h8-10H,4-7H2,1-3H3,(H,15,16). The molecule has 4 heteroatoms. The highest BCUT2D eigenvalue weighted by molar-refractivity contribution is 5.82. The first kappa shape index (κ1) is 13.0. The van der Waals surface area contributed by atoms with Crippen LogP contribution in [0.15, 0.2) is 0 Å². The molecule has 0 spiro atoms. The quantitative estimate of drug-likeness (QED) is 0.746. The fraction of sp³-hybridized carbons (Fsp3) is 0.833. The van der Waals surface area contributed by atoms with Gasteiger partial charge in [-0.2, -0.15) is 0 Å². The van der Waals surface area contributed by atoms with Gasteiger partial charge in [-0.3, -0.25) is 4.79 Å². The van der Waals surface area contributed by atoms with E-state index >= 15 is 0 Å². The van der Waals surface area contributed by atoms with Gasteiger partial charge in [-0.25, -0.2) is 4.79 Å². The van der Waals surface area contributed by atoms with Gasteiger partial charge in [0.25, 0.3) is 0 Å². The highest BCUT2D eigenvalue weighted by Gasteiger charge is 2.50. The van der Waals surface area contributed by atoms with E-state index in [1.54, 1.807) is 0 Å². The highest BCUT2D eigenvalue weighted by atomic mass is 16.4. The number of carboxylic acid groups (broad SMARTS) is 1. The van der Waals surface area contributed by atoms with Gasteiger partial charge in [0.05, 0.1) is 0 Å². The predicted octanol–water partition coefficient (Wildman–Crippen LogP) is 1.89. The Labute approximate surface area is 96.6 Å². The van der Waals surface area contributed by atoms with Gasteiger partial charge in [-0.1, -0.05) is 19.8 Å². The second-order valence-electron chi connectivity index (χ2n) is 4.98. The van der Waals surface area contributed by atoms with Crippen LogP contribution in [0.5, 0.6) is 0 Å². The fourth-order valence-electron chi connectivity index (χ4n) is 2.82. The fourth-order valence-corrected chi connectivity index (χ4v) is 2.82. The van der Waals surface area contributed by atoms with E-state index < -0.39 is 11.5 Å². The van der Waals surface area contributed by atoms with Crippen LogP contribution < -0.4 is 0 Å². The molecular weight excluding hydrogens is 206 g/mol. The molecule has 1 fully saturated rings. The molecule has 2 atom stereocenters. The number of carbonyl (C=O) groups is 2. The summed E-state index contributed by atoms with van der Waals surface area (Å²) in [6.07, 6.45) is 4.08. The van der Waals surface area contributed by atoms with Crippen LogP contribution in [0.4, 0.5) is 0 Å². The van der Waals surface area contributed by atoms with E-state index in [2.05, 4.69) is 0 Å². The average Bonchev–Trinajstić information content (AvgIpc) is 2.21. The van der Waals surface area contributed by atoms with Crippen molar-refractivity contribution >= 4 is 12.4 Å². The number of rotatable bonds is 4. The summed E-state index contributed by atoms with van der Waals surface area (Å²) in [4.78, 5) is 24.2. The van der Waals surface area contributed by atoms with Crippen molar-refractivity contribution in [3.8, 4) is 0 Å². The molecular formula is C12H21NO3. The molecule has 0 bridgehead atoms. The SMILES string of the molecule is CC(C)N(C=O)C1(C(=O)O)CCCCC1C. The molecule has 0 aliphatic heterocycles. The Balaban J connectivity index is 3.12. The van der Waals surface area contributed by atoms with Crippen LogP contribution in [0.3, 0.4) is 0 Å². The molecule has 1 saturated carbocycles. The van der Waals surface area contributed by atoms with Crippen LogP contribution in [0, 0.1) is 5.92 Å². The highest BCUT2D eigenvalue weighted by Crippen LogP contribution is 2.39. The Kier molecular flexibility index (Phi) is 3.94. The molecule has 0 aromatic heterocycles. The van der Waals surface area contributed by atoms with E-state index in [-0.39, 0.29) is 12.0 Å². The number of hydrogen-bond donors (Lipinski definition) is 1. The van der Waals surface area contributed by atoms with Crippen LogP contribution in [0.1, 0.15) is 46.5 Å². The molecule has 4 nitrogen and oxygen atoms in total. The van der Waals surface area contributed by atoms with E-state index in [1.165, 1.54) is 4.90 Å². The third-order valence-corrected chi connectivity index (χ3v) is 3.76. The lowest BCUT2D eigenvalue weighted by molar-refractivity contribution is -0.164. The number of hydrogen-bond acceptors (Lipinski definition) is 2. The number of carboxylic acids is 1. The summed E-state index contributed by atoms with van der Waals surface area (Å²) < 4.78 is 0. The summed E-state index contributed by atoms with van der Waals surface area (Å²) in [6, 6.07) is -0.0749. The van der Waals surface area contributed by atoms with Gasteiger partial charge in [-0.05, 0) is 32.6 Å². The lowest BCUT2D eigenvalue weighted by Crippen LogP contribution is -2.61. The zero-order chi connectivity index (χ0) is 12.3. The Morgan fingerprint density at radius 3 is 2.50 bits per heavy atom. The second-order valence-corrected chi connectivity index (χ2v) is 4.98. The first-order chi connectivity index (χ1) is 7.46. The van der Waals surface area contributed by atoms with Gasteiger partial charge in [0.2, 0.25) is 6.41 Å². The molecule has 0 radical (unpaired) electrons. The lowest BCUT2D eigenvalue weighted by Gasteiger charge is -2.47. The van der Waals surface area contributed by atoms with Gasteiger partial charge in [-0.15, -0.1) is 0 Å². The van der Waals surface area contributed by atoms with Gasteiger partial charge < -0.3 is 10.0 Å². The summed E-state index contributed by atoms with van der Waals surface area (Å²) in [5.41, 5.74) is -0.992. The Morgan fingerprint density at radius 1 is 1.50 bits per heavy atom. The molecule has 1 aliphatic rings. The maximum absolute atomic E-state index is 11.6. The molecule has 1 N–H and O–H groups in total. The maximum Gasteiger partial charge on any atom is 0.329 e. The van der Waals surface area contributed by atoms with Gasteiger partial charge in [0.15, 0.2) is 0 Å². The second kappa shape index (κ2) is 4.85. The zero-order valence-corrected chi connectivity index (χ0v) is 10.3.